The highest BCUT2D eigenvalue weighted by Gasteiger charge is 2.14. The van der Waals surface area contributed by atoms with Crippen molar-refractivity contribution in [1.82, 2.24) is 5.32 Å². The summed E-state index contributed by atoms with van der Waals surface area (Å²) in [5, 5.41) is 2.87. The van der Waals surface area contributed by atoms with Crippen LogP contribution in [0.2, 0.25) is 0 Å². The van der Waals surface area contributed by atoms with E-state index in [1.807, 2.05) is 0 Å². The average molecular weight is 265 g/mol. The molecule has 17 heavy (non-hydrogen) atoms. The Morgan fingerprint density at radius 1 is 1.29 bits per heavy atom. The molecule has 0 bridgehead atoms. The number of carbonyl (C=O) groups is 1. The lowest BCUT2D eigenvalue weighted by Crippen LogP contribution is -2.26. The molecule has 102 valence electrons. The molecular weight excluding hydrogens is 240 g/mol. The predicted octanol–water partition coefficient (Wildman–Crippen LogP) is 1.61. The van der Waals surface area contributed by atoms with E-state index in [1.54, 1.807) is 0 Å². The predicted molar refractivity (Wildman–Crippen MR) is 71.4 cm³/mol. The van der Waals surface area contributed by atoms with E-state index in [2.05, 4.69) is 5.32 Å². The molecule has 0 aliphatic heterocycles. The van der Waals surface area contributed by atoms with Crippen LogP contribution in [0.1, 0.15) is 44.9 Å². The van der Waals surface area contributed by atoms with E-state index in [9.17, 15) is 4.79 Å². The largest absolute Gasteiger partial charge is 0.378 e. The summed E-state index contributed by atoms with van der Waals surface area (Å²) in [6, 6.07) is 0. The Balaban J connectivity index is 0.00000256. The first-order valence-electron chi connectivity index (χ1n) is 6.41. The Bertz CT molecular complexity index is 197. The van der Waals surface area contributed by atoms with Crippen LogP contribution in [0.25, 0.3) is 0 Å². The summed E-state index contributed by atoms with van der Waals surface area (Å²) in [5.74, 6) is 0.103. The quantitative estimate of drug-likeness (QED) is 0.655. The van der Waals surface area contributed by atoms with Gasteiger partial charge in [0.05, 0.1) is 6.10 Å². The van der Waals surface area contributed by atoms with Crippen LogP contribution in [0.4, 0.5) is 0 Å². The van der Waals surface area contributed by atoms with E-state index in [0.717, 1.165) is 26.0 Å². The monoisotopic (exact) mass is 264 g/mol. The highest BCUT2D eigenvalue weighted by Crippen LogP contribution is 2.20. The molecule has 0 atom stereocenters. The van der Waals surface area contributed by atoms with Gasteiger partial charge < -0.3 is 15.8 Å². The fourth-order valence-corrected chi connectivity index (χ4v) is 1.96. The lowest BCUT2D eigenvalue weighted by Gasteiger charge is -2.11. The van der Waals surface area contributed by atoms with E-state index in [0.29, 0.717) is 19.1 Å². The van der Waals surface area contributed by atoms with E-state index in [4.69, 9.17) is 10.5 Å². The number of rotatable bonds is 8. The summed E-state index contributed by atoms with van der Waals surface area (Å²) in [6.45, 7) is 2.07. The van der Waals surface area contributed by atoms with Crippen LogP contribution in [-0.2, 0) is 9.53 Å². The molecule has 0 spiro atoms. The molecule has 4 nitrogen and oxygen atoms in total. The molecule has 0 aromatic carbocycles. The van der Waals surface area contributed by atoms with Gasteiger partial charge >= 0.3 is 0 Å². The summed E-state index contributed by atoms with van der Waals surface area (Å²) in [6.07, 6.45) is 7.73. The van der Waals surface area contributed by atoms with Crippen molar-refractivity contribution in [1.29, 1.82) is 0 Å². The maximum atomic E-state index is 11.2. The van der Waals surface area contributed by atoms with Gasteiger partial charge in [-0.3, -0.25) is 4.79 Å². The van der Waals surface area contributed by atoms with Crippen LogP contribution in [0.5, 0.6) is 0 Å². The van der Waals surface area contributed by atoms with E-state index in [1.165, 1.54) is 25.7 Å². The molecule has 0 saturated heterocycles. The minimum atomic E-state index is 0. The molecule has 0 radical (unpaired) electrons. The first kappa shape index (κ1) is 16.7. The first-order chi connectivity index (χ1) is 7.83. The molecule has 1 rings (SSSR count). The number of amides is 1. The smallest absolute Gasteiger partial charge is 0.220 e. The SMILES string of the molecule is Cl.NCCCC(=O)NCCCOC1CCCC1. The van der Waals surface area contributed by atoms with Gasteiger partial charge in [0.25, 0.3) is 0 Å². The number of carbonyl (C=O) groups excluding carboxylic acids is 1. The second-order valence-electron chi connectivity index (χ2n) is 4.37. The second-order valence-corrected chi connectivity index (χ2v) is 4.37. The Kier molecular flexibility index (Phi) is 10.6. The lowest BCUT2D eigenvalue weighted by molar-refractivity contribution is -0.121. The number of ether oxygens (including phenoxy) is 1. The normalized spacial score (nSPS) is 15.6. The first-order valence-corrected chi connectivity index (χ1v) is 6.41. The van der Waals surface area contributed by atoms with Crippen LogP contribution in [0, 0.1) is 0 Å². The summed E-state index contributed by atoms with van der Waals surface area (Å²) in [5.41, 5.74) is 5.32. The van der Waals surface area contributed by atoms with Crippen molar-refractivity contribution in [2.75, 3.05) is 19.7 Å². The number of hydrogen-bond donors (Lipinski definition) is 2. The molecule has 0 unspecified atom stereocenters. The molecule has 1 aliphatic carbocycles. The van der Waals surface area contributed by atoms with Gasteiger partial charge in [-0.2, -0.15) is 0 Å². The summed E-state index contributed by atoms with van der Waals surface area (Å²) < 4.78 is 5.69. The number of nitrogens with one attached hydrogen (secondary N) is 1. The van der Waals surface area contributed by atoms with Crippen LogP contribution in [0.15, 0.2) is 0 Å². The van der Waals surface area contributed by atoms with Crippen molar-refractivity contribution in [3.8, 4) is 0 Å². The zero-order chi connectivity index (χ0) is 11.6. The van der Waals surface area contributed by atoms with Crippen molar-refractivity contribution in [2.45, 2.75) is 51.0 Å². The van der Waals surface area contributed by atoms with Crippen LogP contribution in [-0.4, -0.2) is 31.7 Å². The Labute approximate surface area is 110 Å². The second kappa shape index (κ2) is 10.8. The van der Waals surface area contributed by atoms with Gasteiger partial charge in [0.1, 0.15) is 0 Å². The Morgan fingerprint density at radius 2 is 2.00 bits per heavy atom. The van der Waals surface area contributed by atoms with Crippen molar-refractivity contribution >= 4 is 18.3 Å². The fraction of sp³-hybridized carbons (Fsp3) is 0.917. The maximum Gasteiger partial charge on any atom is 0.220 e. The summed E-state index contributed by atoms with van der Waals surface area (Å²) >= 11 is 0. The number of hydrogen-bond acceptors (Lipinski definition) is 3. The minimum Gasteiger partial charge on any atom is -0.378 e. The van der Waals surface area contributed by atoms with Gasteiger partial charge in [-0.15, -0.1) is 12.4 Å². The average Bonchev–Trinajstić information content (AvgIpc) is 2.79. The molecule has 5 heteroatoms. The Hall–Kier alpha value is -0.320. The topological polar surface area (TPSA) is 64.4 Å². The van der Waals surface area contributed by atoms with Crippen molar-refractivity contribution in [2.24, 2.45) is 5.73 Å². The molecule has 1 saturated carbocycles. The van der Waals surface area contributed by atoms with Crippen molar-refractivity contribution in [3.63, 3.8) is 0 Å². The zero-order valence-corrected chi connectivity index (χ0v) is 11.3. The van der Waals surface area contributed by atoms with E-state index in [-0.39, 0.29) is 18.3 Å². The summed E-state index contributed by atoms with van der Waals surface area (Å²) in [7, 11) is 0. The Morgan fingerprint density at radius 3 is 2.65 bits per heavy atom. The minimum absolute atomic E-state index is 0. The van der Waals surface area contributed by atoms with Crippen LogP contribution in [0.3, 0.4) is 0 Å². The van der Waals surface area contributed by atoms with Gasteiger partial charge in [0.2, 0.25) is 5.91 Å². The highest BCUT2D eigenvalue weighted by molar-refractivity contribution is 5.85. The third-order valence-corrected chi connectivity index (χ3v) is 2.91. The molecule has 1 amide bonds. The molecule has 3 N–H and O–H groups in total. The van der Waals surface area contributed by atoms with Crippen LogP contribution < -0.4 is 11.1 Å². The van der Waals surface area contributed by atoms with E-state index < -0.39 is 0 Å². The third-order valence-electron chi connectivity index (χ3n) is 2.91. The molecule has 0 aromatic heterocycles. The van der Waals surface area contributed by atoms with Crippen molar-refractivity contribution < 1.29 is 9.53 Å². The van der Waals surface area contributed by atoms with Gasteiger partial charge in [-0.1, -0.05) is 12.8 Å². The third kappa shape index (κ3) is 8.41. The lowest BCUT2D eigenvalue weighted by atomic mass is 10.3. The van der Waals surface area contributed by atoms with Gasteiger partial charge in [0, 0.05) is 19.6 Å². The summed E-state index contributed by atoms with van der Waals surface area (Å²) in [4.78, 5) is 11.2. The number of nitrogens with two attached hydrogens (primary N) is 1. The van der Waals surface area contributed by atoms with Gasteiger partial charge in [-0.05, 0) is 32.2 Å². The molecular formula is C12H25ClN2O2. The fourth-order valence-electron chi connectivity index (χ4n) is 1.96. The maximum absolute atomic E-state index is 11.2. The number of halogens is 1. The molecule has 0 aromatic rings. The van der Waals surface area contributed by atoms with Gasteiger partial charge in [-0.25, -0.2) is 0 Å². The standard InChI is InChI=1S/C12H24N2O2.ClH/c13-8-3-7-12(15)14-9-4-10-16-11-5-1-2-6-11;/h11H,1-10,13H2,(H,14,15);1H. The molecule has 0 heterocycles. The van der Waals surface area contributed by atoms with Crippen molar-refractivity contribution in [3.05, 3.63) is 0 Å². The zero-order valence-electron chi connectivity index (χ0n) is 10.5. The van der Waals surface area contributed by atoms with Gasteiger partial charge in [0.15, 0.2) is 0 Å². The molecule has 1 aliphatic rings. The van der Waals surface area contributed by atoms with E-state index >= 15 is 0 Å². The molecule has 1 fully saturated rings. The highest BCUT2D eigenvalue weighted by atomic mass is 35.5. The van der Waals surface area contributed by atoms with Crippen LogP contribution >= 0.6 is 12.4 Å².